The van der Waals surface area contributed by atoms with E-state index in [1.165, 1.54) is 14.7 Å². The quantitative estimate of drug-likeness (QED) is 0.788. The summed E-state index contributed by atoms with van der Waals surface area (Å²) < 4.78 is 32.2. The standard InChI is InChI=1S/C18H26N4O4S2/c1-11-12(2)18(27-15(11)5)19-16(23)10-21-6-8-22(9-7-21)28(24,25)17-13(3)20-26-14(17)4/h6-10H2,1-5H3,(H,19,23). The largest absolute Gasteiger partial charge is 0.360 e. The fourth-order valence-corrected chi connectivity index (χ4v) is 6.13. The second kappa shape index (κ2) is 7.94. The molecule has 0 unspecified atom stereocenters. The molecule has 1 aliphatic heterocycles. The summed E-state index contributed by atoms with van der Waals surface area (Å²) in [5.41, 5.74) is 2.68. The Morgan fingerprint density at radius 2 is 1.75 bits per heavy atom. The molecular weight excluding hydrogens is 400 g/mol. The van der Waals surface area contributed by atoms with Crippen LogP contribution in [0.2, 0.25) is 0 Å². The predicted octanol–water partition coefficient (Wildman–Crippen LogP) is 2.22. The van der Waals surface area contributed by atoms with E-state index >= 15 is 0 Å². The molecule has 2 aromatic rings. The van der Waals surface area contributed by atoms with Gasteiger partial charge in [0.1, 0.15) is 10.6 Å². The SMILES string of the molecule is Cc1noc(C)c1S(=O)(=O)N1CCN(CC(=O)Nc2sc(C)c(C)c2C)CC1. The van der Waals surface area contributed by atoms with Crippen LogP contribution in [0.3, 0.4) is 0 Å². The number of hydrogen-bond donors (Lipinski definition) is 1. The Hall–Kier alpha value is -1.75. The monoisotopic (exact) mass is 426 g/mol. The first-order chi connectivity index (χ1) is 13.1. The fraction of sp³-hybridized carbons (Fsp3) is 0.556. The average molecular weight is 427 g/mol. The summed E-state index contributed by atoms with van der Waals surface area (Å²) >= 11 is 1.58. The Bertz CT molecular complexity index is 966. The van der Waals surface area contributed by atoms with Gasteiger partial charge in [-0.1, -0.05) is 5.16 Å². The summed E-state index contributed by atoms with van der Waals surface area (Å²) in [4.78, 5) is 15.7. The van der Waals surface area contributed by atoms with E-state index in [1.807, 2.05) is 18.7 Å². The number of piperazine rings is 1. The van der Waals surface area contributed by atoms with E-state index in [4.69, 9.17) is 4.52 Å². The summed E-state index contributed by atoms with van der Waals surface area (Å²) in [5.74, 6) is 0.225. The van der Waals surface area contributed by atoms with Crippen LogP contribution < -0.4 is 5.32 Å². The number of carbonyl (C=O) groups is 1. The van der Waals surface area contributed by atoms with Crippen LogP contribution in [0.15, 0.2) is 9.42 Å². The van der Waals surface area contributed by atoms with Crippen LogP contribution in [0.25, 0.3) is 0 Å². The zero-order valence-corrected chi connectivity index (χ0v) is 18.5. The van der Waals surface area contributed by atoms with Crippen LogP contribution in [0, 0.1) is 34.6 Å². The Labute approximate surface area is 169 Å². The summed E-state index contributed by atoms with van der Waals surface area (Å²) in [6, 6.07) is 0. The van der Waals surface area contributed by atoms with E-state index < -0.39 is 10.0 Å². The highest BCUT2D eigenvalue weighted by atomic mass is 32.2. The van der Waals surface area contributed by atoms with E-state index in [0.717, 1.165) is 10.6 Å². The molecule has 1 N–H and O–H groups in total. The number of rotatable bonds is 5. The third-order valence-electron chi connectivity index (χ3n) is 5.20. The number of amides is 1. The summed E-state index contributed by atoms with van der Waals surface area (Å²) in [6.45, 7) is 11.2. The van der Waals surface area contributed by atoms with E-state index in [0.29, 0.717) is 37.6 Å². The van der Waals surface area contributed by atoms with Crippen LogP contribution in [-0.2, 0) is 14.8 Å². The van der Waals surface area contributed by atoms with Gasteiger partial charge in [-0.05, 0) is 45.7 Å². The molecule has 10 heteroatoms. The Morgan fingerprint density at radius 3 is 2.25 bits per heavy atom. The summed E-state index contributed by atoms with van der Waals surface area (Å²) in [5, 5.41) is 7.62. The lowest BCUT2D eigenvalue weighted by atomic mass is 10.2. The van der Waals surface area contributed by atoms with E-state index in [-0.39, 0.29) is 17.3 Å². The molecule has 1 amide bonds. The molecule has 0 spiro atoms. The molecule has 154 valence electrons. The van der Waals surface area contributed by atoms with Crippen molar-refractivity contribution in [2.24, 2.45) is 0 Å². The van der Waals surface area contributed by atoms with Crippen molar-refractivity contribution in [2.45, 2.75) is 39.5 Å². The van der Waals surface area contributed by atoms with Gasteiger partial charge >= 0.3 is 0 Å². The lowest BCUT2D eigenvalue weighted by molar-refractivity contribution is -0.117. The fourth-order valence-electron chi connectivity index (χ4n) is 3.33. The number of nitrogens with zero attached hydrogens (tertiary/aromatic N) is 3. The molecular formula is C18H26N4O4S2. The Kier molecular flexibility index (Phi) is 5.95. The number of carbonyl (C=O) groups excluding carboxylic acids is 1. The molecule has 1 saturated heterocycles. The van der Waals surface area contributed by atoms with Gasteiger partial charge in [0.2, 0.25) is 15.9 Å². The van der Waals surface area contributed by atoms with Gasteiger partial charge in [0.05, 0.1) is 11.5 Å². The van der Waals surface area contributed by atoms with Crippen molar-refractivity contribution in [3.05, 3.63) is 27.5 Å². The zero-order chi connectivity index (χ0) is 20.6. The van der Waals surface area contributed by atoms with E-state index in [2.05, 4.69) is 17.4 Å². The number of nitrogens with one attached hydrogen (secondary N) is 1. The first-order valence-electron chi connectivity index (χ1n) is 9.13. The maximum absolute atomic E-state index is 12.9. The molecule has 3 rings (SSSR count). The topological polar surface area (TPSA) is 95.8 Å². The molecule has 0 bridgehead atoms. The lowest BCUT2D eigenvalue weighted by Crippen LogP contribution is -2.50. The van der Waals surface area contributed by atoms with Crippen LogP contribution in [0.5, 0.6) is 0 Å². The second-order valence-electron chi connectivity index (χ2n) is 7.12. The molecule has 0 radical (unpaired) electrons. The maximum atomic E-state index is 12.9. The highest BCUT2D eigenvalue weighted by molar-refractivity contribution is 7.89. The third-order valence-corrected chi connectivity index (χ3v) is 8.57. The van der Waals surface area contributed by atoms with Crippen molar-refractivity contribution >= 4 is 32.3 Å². The molecule has 0 aliphatic carbocycles. The number of anilines is 1. The summed E-state index contributed by atoms with van der Waals surface area (Å²) in [6.07, 6.45) is 0. The molecule has 0 atom stereocenters. The number of thiophene rings is 1. The van der Waals surface area contributed by atoms with Gasteiger partial charge < -0.3 is 9.84 Å². The highest BCUT2D eigenvalue weighted by Gasteiger charge is 2.33. The minimum atomic E-state index is -3.64. The van der Waals surface area contributed by atoms with Crippen LogP contribution in [0.1, 0.15) is 27.5 Å². The molecule has 1 fully saturated rings. The van der Waals surface area contributed by atoms with Gasteiger partial charge in [-0.2, -0.15) is 4.31 Å². The second-order valence-corrected chi connectivity index (χ2v) is 10.2. The van der Waals surface area contributed by atoms with Gasteiger partial charge in [-0.3, -0.25) is 9.69 Å². The van der Waals surface area contributed by atoms with Crippen molar-refractivity contribution in [3.8, 4) is 0 Å². The first kappa shape index (κ1) is 21.0. The number of hydrogen-bond acceptors (Lipinski definition) is 7. The maximum Gasteiger partial charge on any atom is 0.248 e. The van der Waals surface area contributed by atoms with Crippen LogP contribution in [0.4, 0.5) is 5.00 Å². The smallest absolute Gasteiger partial charge is 0.248 e. The first-order valence-corrected chi connectivity index (χ1v) is 11.4. The molecule has 0 aromatic carbocycles. The van der Waals surface area contributed by atoms with E-state index in [1.54, 1.807) is 25.2 Å². The van der Waals surface area contributed by atoms with Crippen molar-refractivity contribution < 1.29 is 17.7 Å². The minimum absolute atomic E-state index is 0.0774. The highest BCUT2D eigenvalue weighted by Crippen LogP contribution is 2.31. The van der Waals surface area contributed by atoms with Gasteiger partial charge in [0, 0.05) is 31.1 Å². The zero-order valence-electron chi connectivity index (χ0n) is 16.8. The van der Waals surface area contributed by atoms with Gasteiger partial charge in [-0.15, -0.1) is 11.3 Å². The third kappa shape index (κ3) is 4.00. The molecule has 2 aromatic heterocycles. The average Bonchev–Trinajstić information content (AvgIpc) is 3.09. The van der Waals surface area contributed by atoms with Crippen molar-refractivity contribution in [1.29, 1.82) is 0 Å². The van der Waals surface area contributed by atoms with Gasteiger partial charge in [0.15, 0.2) is 5.76 Å². The van der Waals surface area contributed by atoms with Crippen LogP contribution in [-0.4, -0.2) is 61.4 Å². The number of sulfonamides is 1. The molecule has 28 heavy (non-hydrogen) atoms. The van der Waals surface area contributed by atoms with Gasteiger partial charge in [0.25, 0.3) is 0 Å². The molecule has 3 heterocycles. The van der Waals surface area contributed by atoms with E-state index in [9.17, 15) is 13.2 Å². The summed E-state index contributed by atoms with van der Waals surface area (Å²) in [7, 11) is -3.64. The Morgan fingerprint density at radius 1 is 1.11 bits per heavy atom. The lowest BCUT2D eigenvalue weighted by Gasteiger charge is -2.33. The minimum Gasteiger partial charge on any atom is -0.360 e. The van der Waals surface area contributed by atoms with Crippen molar-refractivity contribution in [1.82, 2.24) is 14.4 Å². The number of aromatic nitrogens is 1. The van der Waals surface area contributed by atoms with Crippen molar-refractivity contribution in [2.75, 3.05) is 38.0 Å². The predicted molar refractivity (Wildman–Crippen MR) is 108 cm³/mol. The molecule has 8 nitrogen and oxygen atoms in total. The molecule has 1 aliphatic rings. The Balaban J connectivity index is 1.58. The number of aryl methyl sites for hydroxylation is 3. The van der Waals surface area contributed by atoms with Crippen molar-refractivity contribution in [3.63, 3.8) is 0 Å². The molecule has 0 saturated carbocycles. The van der Waals surface area contributed by atoms with Crippen LogP contribution >= 0.6 is 11.3 Å². The normalized spacial score (nSPS) is 16.5. The van der Waals surface area contributed by atoms with Gasteiger partial charge in [-0.25, -0.2) is 8.42 Å².